The molecule has 1 N–H and O–H groups in total. The Morgan fingerprint density at radius 1 is 1.44 bits per heavy atom. The number of hydrogen-bond acceptors (Lipinski definition) is 3. The Morgan fingerprint density at radius 3 is 3.06 bits per heavy atom. The summed E-state index contributed by atoms with van der Waals surface area (Å²) in [6.07, 6.45) is 2.19. The van der Waals surface area contributed by atoms with E-state index in [1.165, 1.54) is 5.56 Å². The van der Waals surface area contributed by atoms with Crippen molar-refractivity contribution in [2.45, 2.75) is 26.7 Å². The second-order valence-electron chi connectivity index (χ2n) is 4.96. The molecule has 0 saturated carbocycles. The first-order chi connectivity index (χ1) is 8.79. The molecule has 0 spiro atoms. The maximum absolute atomic E-state index is 5.79. The maximum Gasteiger partial charge on any atom is 0.142 e. The highest BCUT2D eigenvalue weighted by atomic mass is 16.5. The zero-order valence-corrected chi connectivity index (χ0v) is 11.4. The number of aryl methyl sites for hydroxylation is 1. The van der Waals surface area contributed by atoms with E-state index in [0.717, 1.165) is 50.6 Å². The van der Waals surface area contributed by atoms with Gasteiger partial charge >= 0.3 is 0 Å². The number of hydrogen-bond donors (Lipinski definition) is 1. The summed E-state index contributed by atoms with van der Waals surface area (Å²) in [6, 6.07) is 6.32. The van der Waals surface area contributed by atoms with Crippen LogP contribution in [-0.4, -0.2) is 26.4 Å². The molecule has 1 aromatic carbocycles. The molecule has 0 radical (unpaired) electrons. The summed E-state index contributed by atoms with van der Waals surface area (Å²) in [4.78, 5) is 0. The molecule has 1 fully saturated rings. The Morgan fingerprint density at radius 2 is 2.33 bits per heavy atom. The lowest BCUT2D eigenvalue weighted by Gasteiger charge is -2.15. The first kappa shape index (κ1) is 13.2. The van der Waals surface area contributed by atoms with Crippen LogP contribution in [0.15, 0.2) is 18.2 Å². The molecule has 1 heterocycles. The highest BCUT2D eigenvalue weighted by molar-refractivity contribution is 5.57. The second kappa shape index (κ2) is 6.64. The van der Waals surface area contributed by atoms with E-state index in [-0.39, 0.29) is 0 Å². The summed E-state index contributed by atoms with van der Waals surface area (Å²) >= 11 is 0. The molecule has 1 unspecified atom stereocenters. The summed E-state index contributed by atoms with van der Waals surface area (Å²) < 4.78 is 11.2. The fourth-order valence-electron chi connectivity index (χ4n) is 2.11. The molecule has 1 aliphatic heterocycles. The van der Waals surface area contributed by atoms with Gasteiger partial charge in [0.25, 0.3) is 0 Å². The molecule has 0 amide bonds. The van der Waals surface area contributed by atoms with Gasteiger partial charge in [-0.3, -0.25) is 0 Å². The lowest BCUT2D eigenvalue weighted by atomic mass is 10.1. The highest BCUT2D eigenvalue weighted by Crippen LogP contribution is 2.26. The summed E-state index contributed by atoms with van der Waals surface area (Å²) in [5, 5.41) is 3.49. The number of anilines is 1. The maximum atomic E-state index is 5.79. The van der Waals surface area contributed by atoms with E-state index in [4.69, 9.17) is 9.47 Å². The number of ether oxygens (including phenoxy) is 2. The van der Waals surface area contributed by atoms with Gasteiger partial charge in [0.1, 0.15) is 5.75 Å². The van der Waals surface area contributed by atoms with Gasteiger partial charge in [-0.1, -0.05) is 13.0 Å². The van der Waals surface area contributed by atoms with Crippen molar-refractivity contribution in [3.8, 4) is 5.75 Å². The van der Waals surface area contributed by atoms with E-state index in [1.54, 1.807) is 0 Å². The highest BCUT2D eigenvalue weighted by Gasteiger charge is 2.15. The van der Waals surface area contributed by atoms with Crippen LogP contribution in [0.1, 0.15) is 25.3 Å². The predicted octanol–water partition coefficient (Wildman–Crippen LogP) is 3.23. The van der Waals surface area contributed by atoms with Crippen LogP contribution in [0.4, 0.5) is 5.69 Å². The van der Waals surface area contributed by atoms with Gasteiger partial charge in [0.15, 0.2) is 0 Å². The molecule has 3 nitrogen and oxygen atoms in total. The van der Waals surface area contributed by atoms with Gasteiger partial charge in [-0.25, -0.2) is 0 Å². The molecule has 1 aromatic rings. The van der Waals surface area contributed by atoms with E-state index in [2.05, 4.69) is 37.4 Å². The Labute approximate surface area is 109 Å². The molecule has 0 aliphatic carbocycles. The van der Waals surface area contributed by atoms with Crippen LogP contribution in [0.5, 0.6) is 5.75 Å². The third-order valence-electron chi connectivity index (χ3n) is 3.20. The van der Waals surface area contributed by atoms with Gasteiger partial charge in [-0.15, -0.1) is 0 Å². The summed E-state index contributed by atoms with van der Waals surface area (Å²) in [6.45, 7) is 7.73. The zero-order valence-electron chi connectivity index (χ0n) is 11.4. The van der Waals surface area contributed by atoms with E-state index < -0.39 is 0 Å². The third kappa shape index (κ3) is 3.64. The van der Waals surface area contributed by atoms with Gasteiger partial charge in [0.05, 0.1) is 18.9 Å². The molecule has 100 valence electrons. The first-order valence-corrected chi connectivity index (χ1v) is 6.84. The Hall–Kier alpha value is -1.22. The minimum absolute atomic E-state index is 0.630. The summed E-state index contributed by atoms with van der Waals surface area (Å²) in [7, 11) is 0. The van der Waals surface area contributed by atoms with E-state index in [1.807, 2.05) is 0 Å². The van der Waals surface area contributed by atoms with Crippen molar-refractivity contribution in [1.29, 1.82) is 0 Å². The van der Waals surface area contributed by atoms with E-state index in [9.17, 15) is 0 Å². The Kier molecular flexibility index (Phi) is 4.88. The van der Waals surface area contributed by atoms with Crippen molar-refractivity contribution < 1.29 is 9.47 Å². The van der Waals surface area contributed by atoms with E-state index >= 15 is 0 Å². The normalized spacial score (nSPS) is 18.9. The van der Waals surface area contributed by atoms with Crippen molar-refractivity contribution >= 4 is 5.69 Å². The molecule has 0 bridgehead atoms. The number of rotatable bonds is 6. The van der Waals surface area contributed by atoms with Gasteiger partial charge in [0.2, 0.25) is 0 Å². The zero-order chi connectivity index (χ0) is 12.8. The molecule has 1 saturated heterocycles. The standard InChI is InChI=1S/C15H23NO2/c1-3-7-18-15-9-12(2)4-5-14(15)16-10-13-6-8-17-11-13/h4-5,9,13,16H,3,6-8,10-11H2,1-2H3. The van der Waals surface area contributed by atoms with Crippen molar-refractivity contribution in [1.82, 2.24) is 0 Å². The van der Waals surface area contributed by atoms with Crippen LogP contribution < -0.4 is 10.1 Å². The van der Waals surface area contributed by atoms with E-state index in [0.29, 0.717) is 5.92 Å². The van der Waals surface area contributed by atoms with Gasteiger partial charge in [0, 0.05) is 19.1 Å². The van der Waals surface area contributed by atoms with Crippen LogP contribution >= 0.6 is 0 Å². The van der Waals surface area contributed by atoms with Crippen LogP contribution in [0.2, 0.25) is 0 Å². The average Bonchev–Trinajstić information content (AvgIpc) is 2.88. The molecule has 1 aliphatic rings. The number of nitrogens with one attached hydrogen (secondary N) is 1. The SMILES string of the molecule is CCCOc1cc(C)ccc1NCC1CCOC1. The Balaban J connectivity index is 1.96. The lowest BCUT2D eigenvalue weighted by molar-refractivity contribution is 0.187. The summed E-state index contributed by atoms with van der Waals surface area (Å²) in [5.74, 6) is 1.60. The van der Waals surface area contributed by atoms with Crippen molar-refractivity contribution in [3.05, 3.63) is 23.8 Å². The first-order valence-electron chi connectivity index (χ1n) is 6.84. The van der Waals surface area contributed by atoms with Crippen molar-refractivity contribution in [2.75, 3.05) is 31.7 Å². The van der Waals surface area contributed by atoms with Crippen molar-refractivity contribution in [3.63, 3.8) is 0 Å². The quantitative estimate of drug-likeness (QED) is 0.839. The average molecular weight is 249 g/mol. The Bertz CT molecular complexity index is 373. The summed E-state index contributed by atoms with van der Waals surface area (Å²) in [5.41, 5.74) is 2.33. The third-order valence-corrected chi connectivity index (χ3v) is 3.20. The molecular formula is C15H23NO2. The minimum Gasteiger partial charge on any atom is -0.491 e. The molecule has 3 heteroatoms. The van der Waals surface area contributed by atoms with Crippen LogP contribution in [-0.2, 0) is 4.74 Å². The van der Waals surface area contributed by atoms with Gasteiger partial charge in [-0.05, 0) is 37.5 Å². The molecule has 18 heavy (non-hydrogen) atoms. The minimum atomic E-state index is 0.630. The topological polar surface area (TPSA) is 30.5 Å². The van der Waals surface area contributed by atoms with Crippen LogP contribution in [0.3, 0.4) is 0 Å². The largest absolute Gasteiger partial charge is 0.491 e. The predicted molar refractivity (Wildman–Crippen MR) is 74.4 cm³/mol. The van der Waals surface area contributed by atoms with Gasteiger partial charge in [-0.2, -0.15) is 0 Å². The fraction of sp³-hybridized carbons (Fsp3) is 0.600. The lowest BCUT2D eigenvalue weighted by Crippen LogP contribution is -2.14. The smallest absolute Gasteiger partial charge is 0.142 e. The monoisotopic (exact) mass is 249 g/mol. The second-order valence-corrected chi connectivity index (χ2v) is 4.96. The van der Waals surface area contributed by atoms with Gasteiger partial charge < -0.3 is 14.8 Å². The molecule has 0 aromatic heterocycles. The van der Waals surface area contributed by atoms with Crippen LogP contribution in [0, 0.1) is 12.8 Å². The molecule has 1 atom stereocenters. The van der Waals surface area contributed by atoms with Crippen molar-refractivity contribution in [2.24, 2.45) is 5.92 Å². The molecule has 2 rings (SSSR count). The van der Waals surface area contributed by atoms with Crippen LogP contribution in [0.25, 0.3) is 0 Å². The fourth-order valence-corrected chi connectivity index (χ4v) is 2.11. The molecular weight excluding hydrogens is 226 g/mol. The number of benzene rings is 1.